The predicted octanol–water partition coefficient (Wildman–Crippen LogP) is 1.87. The van der Waals surface area contributed by atoms with Crippen LogP contribution in [-0.2, 0) is 20.4 Å². The first-order valence-electron chi connectivity index (χ1n) is 7.63. The Labute approximate surface area is 148 Å². The lowest BCUT2D eigenvalue weighted by Gasteiger charge is -2.26. The summed E-state index contributed by atoms with van der Waals surface area (Å²) in [5.41, 5.74) is 1.15. The summed E-state index contributed by atoms with van der Waals surface area (Å²) in [6.07, 6.45) is 0. The highest BCUT2D eigenvalue weighted by atomic mass is 32.2. The van der Waals surface area contributed by atoms with E-state index in [0.717, 1.165) is 0 Å². The van der Waals surface area contributed by atoms with E-state index in [1.54, 1.807) is 0 Å². The lowest BCUT2D eigenvalue weighted by Crippen LogP contribution is -2.43. The highest BCUT2D eigenvalue weighted by Gasteiger charge is 2.30. The summed E-state index contributed by atoms with van der Waals surface area (Å²) in [7, 11) is -3.64. The van der Waals surface area contributed by atoms with Crippen molar-refractivity contribution in [3.63, 3.8) is 0 Å². The number of carboxylic acids is 1. The van der Waals surface area contributed by atoms with Crippen molar-refractivity contribution in [1.29, 1.82) is 0 Å². The third-order valence-electron chi connectivity index (χ3n) is 3.89. The van der Waals surface area contributed by atoms with Gasteiger partial charge in [-0.05, 0) is 35.9 Å². The minimum atomic E-state index is -3.64. The van der Waals surface area contributed by atoms with E-state index in [2.05, 4.69) is 10.6 Å². The van der Waals surface area contributed by atoms with Gasteiger partial charge in [-0.25, -0.2) is 17.6 Å². The maximum Gasteiger partial charge on any atom is 0.335 e. The number of fused-ring (bicyclic) bond motifs is 1. The molecule has 1 aliphatic rings. The Morgan fingerprint density at radius 3 is 2.46 bits per heavy atom. The maximum atomic E-state index is 12.9. The molecule has 3 rings (SSSR count). The van der Waals surface area contributed by atoms with Gasteiger partial charge in [-0.3, -0.25) is 4.79 Å². The molecule has 9 heteroatoms. The van der Waals surface area contributed by atoms with E-state index >= 15 is 0 Å². The number of benzene rings is 2. The minimum Gasteiger partial charge on any atom is -0.478 e. The third kappa shape index (κ3) is 3.99. The highest BCUT2D eigenvalue weighted by molar-refractivity contribution is 7.90. The predicted molar refractivity (Wildman–Crippen MR) is 93.3 cm³/mol. The Hall–Kier alpha value is -2.94. The Morgan fingerprint density at radius 2 is 1.81 bits per heavy atom. The molecule has 0 radical (unpaired) electrons. The normalized spacial score (nSPS) is 16.3. The van der Waals surface area contributed by atoms with Crippen molar-refractivity contribution in [3.05, 3.63) is 59.4 Å². The molecule has 2 aromatic rings. The molecule has 0 spiro atoms. The molecule has 1 amide bonds. The maximum absolute atomic E-state index is 12.9. The van der Waals surface area contributed by atoms with Crippen LogP contribution in [0, 0.1) is 5.82 Å². The topological polar surface area (TPSA) is 113 Å². The Morgan fingerprint density at radius 1 is 1.12 bits per heavy atom. The smallest absolute Gasteiger partial charge is 0.335 e. The lowest BCUT2D eigenvalue weighted by molar-refractivity contribution is -0.116. The van der Waals surface area contributed by atoms with Crippen LogP contribution in [0.5, 0.6) is 0 Å². The number of sulfone groups is 1. The van der Waals surface area contributed by atoms with Crippen LogP contribution in [0.3, 0.4) is 0 Å². The summed E-state index contributed by atoms with van der Waals surface area (Å²) in [6.45, 7) is 0. The molecule has 2 aromatic carbocycles. The van der Waals surface area contributed by atoms with Gasteiger partial charge < -0.3 is 15.7 Å². The zero-order valence-corrected chi connectivity index (χ0v) is 14.2. The molecule has 3 N–H and O–H groups in total. The molecule has 0 fully saturated rings. The fourth-order valence-corrected chi connectivity index (χ4v) is 4.21. The van der Waals surface area contributed by atoms with Crippen LogP contribution < -0.4 is 10.6 Å². The Balaban J connectivity index is 1.74. The number of carboxylic acid groups (broad SMARTS) is 1. The van der Waals surface area contributed by atoms with E-state index in [1.807, 2.05) is 0 Å². The molecule has 0 unspecified atom stereocenters. The van der Waals surface area contributed by atoms with Crippen LogP contribution in [0.2, 0.25) is 0 Å². The molecule has 1 atom stereocenters. The van der Waals surface area contributed by atoms with Gasteiger partial charge in [0.1, 0.15) is 11.9 Å². The number of carbonyl (C=O) groups is 2. The number of amides is 1. The summed E-state index contributed by atoms with van der Waals surface area (Å²) < 4.78 is 37.6. The van der Waals surface area contributed by atoms with Crippen molar-refractivity contribution < 1.29 is 27.5 Å². The summed E-state index contributed by atoms with van der Waals surface area (Å²) in [6, 6.07) is 8.22. The van der Waals surface area contributed by atoms with Crippen molar-refractivity contribution in [2.45, 2.75) is 11.8 Å². The average Bonchev–Trinajstić information content (AvgIpc) is 2.56. The summed E-state index contributed by atoms with van der Waals surface area (Å²) >= 11 is 0. The first-order valence-corrected chi connectivity index (χ1v) is 9.45. The number of nitrogens with one attached hydrogen (secondary N) is 2. The molecular weight excluding hydrogens is 363 g/mol. The van der Waals surface area contributed by atoms with Gasteiger partial charge in [0.05, 0.1) is 28.4 Å². The zero-order valence-electron chi connectivity index (χ0n) is 13.4. The molecule has 1 aliphatic heterocycles. The van der Waals surface area contributed by atoms with Gasteiger partial charge in [0.15, 0.2) is 9.84 Å². The van der Waals surface area contributed by atoms with Crippen LogP contribution in [0.15, 0.2) is 42.5 Å². The van der Waals surface area contributed by atoms with E-state index in [1.165, 1.54) is 42.5 Å². The second-order valence-corrected chi connectivity index (χ2v) is 8.04. The monoisotopic (exact) mass is 378 g/mol. The first-order chi connectivity index (χ1) is 12.2. The van der Waals surface area contributed by atoms with E-state index in [-0.39, 0.29) is 17.0 Å². The summed E-state index contributed by atoms with van der Waals surface area (Å²) in [5.74, 6) is -2.93. The van der Waals surface area contributed by atoms with Crippen LogP contribution in [0.1, 0.15) is 15.9 Å². The lowest BCUT2D eigenvalue weighted by atomic mass is 10.1. The number of hydrogen-bond donors (Lipinski definition) is 3. The van der Waals surface area contributed by atoms with Crippen molar-refractivity contribution in [2.75, 3.05) is 16.4 Å². The van der Waals surface area contributed by atoms with E-state index in [4.69, 9.17) is 5.11 Å². The molecular formula is C17H15FN2O5S. The molecule has 0 aliphatic carbocycles. The van der Waals surface area contributed by atoms with Crippen molar-refractivity contribution in [3.8, 4) is 0 Å². The molecule has 26 heavy (non-hydrogen) atoms. The van der Waals surface area contributed by atoms with Crippen LogP contribution in [0.25, 0.3) is 0 Å². The van der Waals surface area contributed by atoms with Crippen LogP contribution in [0.4, 0.5) is 15.8 Å². The number of rotatable bonds is 5. The second kappa shape index (κ2) is 6.75. The van der Waals surface area contributed by atoms with Gasteiger partial charge in [0.2, 0.25) is 5.91 Å². The van der Waals surface area contributed by atoms with E-state index < -0.39 is 39.3 Å². The summed E-state index contributed by atoms with van der Waals surface area (Å²) in [4.78, 5) is 23.2. The molecule has 1 heterocycles. The van der Waals surface area contributed by atoms with Crippen molar-refractivity contribution in [1.82, 2.24) is 0 Å². The van der Waals surface area contributed by atoms with Gasteiger partial charge in [-0.2, -0.15) is 0 Å². The largest absolute Gasteiger partial charge is 0.478 e. The van der Waals surface area contributed by atoms with Gasteiger partial charge in [0.25, 0.3) is 0 Å². The fourth-order valence-electron chi connectivity index (χ4n) is 2.64. The van der Waals surface area contributed by atoms with Crippen LogP contribution >= 0.6 is 0 Å². The number of anilines is 2. The number of hydrogen-bond acceptors (Lipinski definition) is 5. The number of aromatic carboxylic acids is 1. The molecule has 0 bridgehead atoms. The van der Waals surface area contributed by atoms with Crippen molar-refractivity contribution >= 4 is 33.1 Å². The first kappa shape index (κ1) is 17.9. The minimum absolute atomic E-state index is 0.00762. The van der Waals surface area contributed by atoms with Gasteiger partial charge in [-0.15, -0.1) is 0 Å². The van der Waals surface area contributed by atoms with Gasteiger partial charge >= 0.3 is 5.97 Å². The van der Waals surface area contributed by atoms with Crippen LogP contribution in [-0.4, -0.2) is 37.2 Å². The second-order valence-electron chi connectivity index (χ2n) is 5.93. The van der Waals surface area contributed by atoms with E-state index in [9.17, 15) is 22.4 Å². The Kier molecular flexibility index (Phi) is 4.64. The van der Waals surface area contributed by atoms with Crippen molar-refractivity contribution in [2.24, 2.45) is 0 Å². The Bertz CT molecular complexity index is 973. The summed E-state index contributed by atoms with van der Waals surface area (Å²) in [5, 5.41) is 14.3. The van der Waals surface area contributed by atoms with E-state index in [0.29, 0.717) is 11.3 Å². The molecule has 136 valence electrons. The average molecular weight is 378 g/mol. The highest BCUT2D eigenvalue weighted by Crippen LogP contribution is 2.28. The third-order valence-corrected chi connectivity index (χ3v) is 5.51. The number of halogens is 1. The molecule has 0 aromatic heterocycles. The van der Waals surface area contributed by atoms with Gasteiger partial charge in [-0.1, -0.05) is 12.1 Å². The number of carbonyl (C=O) groups excluding carboxylic acids is 1. The van der Waals surface area contributed by atoms with Gasteiger partial charge in [0, 0.05) is 0 Å². The zero-order chi connectivity index (χ0) is 18.9. The quantitative estimate of drug-likeness (QED) is 0.732. The fraction of sp³-hybridized carbons (Fsp3) is 0.176. The SMILES string of the molecule is O=C(O)c1ccc2c(c1)NC(=O)[C@@H](CS(=O)(=O)Cc1ccc(F)cc1)N2. The standard InChI is InChI=1S/C17H15FN2O5S/c18-12-4-1-10(2-5-12)8-26(24,25)9-15-16(21)20-14-7-11(17(22)23)3-6-13(14)19-15/h1-7,15,19H,8-9H2,(H,20,21)(H,22,23)/t15-/m1/s1. The molecule has 7 nitrogen and oxygen atoms in total. The molecule has 0 saturated carbocycles. The molecule has 0 saturated heterocycles.